The average molecular weight is 304 g/mol. The van der Waals surface area contributed by atoms with Crippen LogP contribution in [-0.4, -0.2) is 18.2 Å². The summed E-state index contributed by atoms with van der Waals surface area (Å²) in [4.78, 5) is 9.60. The van der Waals surface area contributed by atoms with Crippen LogP contribution < -0.4 is 5.73 Å². The van der Waals surface area contributed by atoms with Crippen LogP contribution in [0.2, 0.25) is 0 Å². The molecule has 1 radical (unpaired) electrons. The van der Waals surface area contributed by atoms with Crippen molar-refractivity contribution in [3.05, 3.63) is 0 Å². The Morgan fingerprint density at radius 1 is 1.75 bits per heavy atom. The average Bonchev–Trinajstić information content (AvgIpc) is 1.35. The summed E-state index contributed by atoms with van der Waals surface area (Å²) in [6.07, 6.45) is -0.711. The summed E-state index contributed by atoms with van der Waals surface area (Å²) in [5.74, 6) is 0. The summed E-state index contributed by atoms with van der Waals surface area (Å²) in [6, 6.07) is 0. The third-order valence-corrected chi connectivity index (χ3v) is 0.287. The normalized spacial score (nSPS) is 5.62. The van der Waals surface area contributed by atoms with Crippen molar-refractivity contribution in [2.75, 3.05) is 6.61 Å². The van der Waals surface area contributed by atoms with E-state index in [1.807, 2.05) is 0 Å². The van der Waals surface area contributed by atoms with Gasteiger partial charge in [0.05, 0.1) is 6.61 Å². The first kappa shape index (κ1) is 15.7. The number of hydrogen-bond donors (Lipinski definition) is 1. The van der Waals surface area contributed by atoms with Gasteiger partial charge in [0.2, 0.25) is 0 Å². The van der Waals surface area contributed by atoms with Gasteiger partial charge < -0.3 is 15.9 Å². The Bertz CT molecular complexity index is 58.5. The smallest absolute Gasteiger partial charge is 0.404 e. The molecule has 0 aromatic carbocycles. The topological polar surface area (TPSA) is 83.8 Å². The molecule has 0 aliphatic rings. The molecule has 0 aromatic rings. The van der Waals surface area contributed by atoms with Gasteiger partial charge in [-0.1, -0.05) is 0 Å². The van der Waals surface area contributed by atoms with Crippen LogP contribution in [0.4, 0.5) is 4.79 Å². The number of hydrogen-bond acceptors (Lipinski definition) is 2. The molecule has 0 aliphatic heterocycles. The molecule has 0 heterocycles. The van der Waals surface area contributed by atoms with E-state index in [1.165, 1.54) is 0 Å². The first-order valence-electron chi connectivity index (χ1n) is 1.69. The SMILES string of the molecule is CCOC(N)=O.O.[Au]. The van der Waals surface area contributed by atoms with Gasteiger partial charge in [-0.05, 0) is 6.92 Å². The van der Waals surface area contributed by atoms with E-state index >= 15 is 0 Å². The third kappa shape index (κ3) is 16.7. The Hall–Kier alpha value is -0.0297. The standard InChI is InChI=1S/C3H7NO2.Au.H2O/c1-2-6-3(4)5;;/h2H2,1H3,(H2,4,5);;1H2. The van der Waals surface area contributed by atoms with Crippen molar-refractivity contribution in [1.82, 2.24) is 0 Å². The van der Waals surface area contributed by atoms with Crippen LogP contribution in [0.3, 0.4) is 0 Å². The second-order valence-corrected chi connectivity index (χ2v) is 0.752. The second kappa shape index (κ2) is 10.1. The van der Waals surface area contributed by atoms with E-state index in [1.54, 1.807) is 6.92 Å². The molecule has 0 spiro atoms. The molecule has 0 atom stereocenters. The van der Waals surface area contributed by atoms with Crippen LogP contribution in [0.15, 0.2) is 0 Å². The maximum atomic E-state index is 9.60. The minimum absolute atomic E-state index is 0. The molecular formula is C3H9AuNO3. The van der Waals surface area contributed by atoms with E-state index in [-0.39, 0.29) is 27.9 Å². The molecule has 55 valence electrons. The fourth-order valence-corrected chi connectivity index (χ4v) is 0.142. The predicted octanol–water partition coefficient (Wildman–Crippen LogP) is -0.726. The van der Waals surface area contributed by atoms with Crippen molar-refractivity contribution in [2.45, 2.75) is 6.92 Å². The van der Waals surface area contributed by atoms with Crippen molar-refractivity contribution in [1.29, 1.82) is 0 Å². The molecule has 0 fully saturated rings. The summed E-state index contributed by atoms with van der Waals surface area (Å²) in [5, 5.41) is 0. The quantitative estimate of drug-likeness (QED) is 0.648. The molecule has 8 heavy (non-hydrogen) atoms. The van der Waals surface area contributed by atoms with Crippen LogP contribution in [0.25, 0.3) is 0 Å². The minimum Gasteiger partial charge on any atom is -0.450 e. The fourth-order valence-electron chi connectivity index (χ4n) is 0.142. The van der Waals surface area contributed by atoms with Gasteiger partial charge in [-0.25, -0.2) is 4.79 Å². The monoisotopic (exact) mass is 304 g/mol. The minimum atomic E-state index is -0.711. The number of nitrogens with two attached hydrogens (primary N) is 1. The zero-order valence-corrected chi connectivity index (χ0v) is 6.57. The molecule has 0 rings (SSSR count). The Morgan fingerprint density at radius 3 is 2.12 bits per heavy atom. The predicted molar refractivity (Wildman–Crippen MR) is 24.8 cm³/mol. The van der Waals surface area contributed by atoms with Crippen molar-refractivity contribution in [3.8, 4) is 0 Å². The van der Waals surface area contributed by atoms with Crippen LogP contribution in [0.5, 0.6) is 0 Å². The van der Waals surface area contributed by atoms with Crippen molar-refractivity contribution >= 4 is 6.09 Å². The number of carbonyl (C=O) groups excluding carboxylic acids is 1. The van der Waals surface area contributed by atoms with E-state index < -0.39 is 6.09 Å². The summed E-state index contributed by atoms with van der Waals surface area (Å²) in [5.41, 5.74) is 4.54. The van der Waals surface area contributed by atoms with Gasteiger partial charge in [-0.15, -0.1) is 0 Å². The zero-order valence-electron chi connectivity index (χ0n) is 4.40. The molecule has 0 unspecified atom stereocenters. The number of amides is 1. The Kier molecular flexibility index (Phi) is 19.7. The van der Waals surface area contributed by atoms with Gasteiger partial charge in [0.25, 0.3) is 0 Å². The number of rotatable bonds is 1. The van der Waals surface area contributed by atoms with Gasteiger partial charge in [0, 0.05) is 22.4 Å². The summed E-state index contributed by atoms with van der Waals surface area (Å²) < 4.78 is 4.18. The third-order valence-electron chi connectivity index (χ3n) is 0.287. The summed E-state index contributed by atoms with van der Waals surface area (Å²) in [7, 11) is 0. The summed E-state index contributed by atoms with van der Waals surface area (Å²) >= 11 is 0. The molecule has 0 saturated heterocycles. The van der Waals surface area contributed by atoms with E-state index in [9.17, 15) is 4.79 Å². The van der Waals surface area contributed by atoms with Gasteiger partial charge >= 0.3 is 6.09 Å². The van der Waals surface area contributed by atoms with Crippen LogP contribution in [0.1, 0.15) is 6.92 Å². The Morgan fingerprint density at radius 2 is 2.12 bits per heavy atom. The first-order valence-corrected chi connectivity index (χ1v) is 1.69. The fraction of sp³-hybridized carbons (Fsp3) is 0.667. The van der Waals surface area contributed by atoms with Crippen LogP contribution in [-0.2, 0) is 27.1 Å². The molecule has 4 N–H and O–H groups in total. The first-order chi connectivity index (χ1) is 2.77. The Balaban J connectivity index is -0.000000125. The largest absolute Gasteiger partial charge is 0.450 e. The van der Waals surface area contributed by atoms with Crippen molar-refractivity contribution in [3.63, 3.8) is 0 Å². The zero-order chi connectivity index (χ0) is 4.99. The number of primary amides is 1. The number of ether oxygens (including phenoxy) is 1. The molecular weight excluding hydrogens is 295 g/mol. The van der Waals surface area contributed by atoms with Crippen molar-refractivity contribution in [2.24, 2.45) is 5.73 Å². The van der Waals surface area contributed by atoms with Gasteiger partial charge in [0.15, 0.2) is 0 Å². The van der Waals surface area contributed by atoms with E-state index in [2.05, 4.69) is 10.5 Å². The maximum Gasteiger partial charge on any atom is 0.404 e. The molecule has 4 nitrogen and oxygen atoms in total. The van der Waals surface area contributed by atoms with Crippen LogP contribution >= 0.6 is 0 Å². The van der Waals surface area contributed by atoms with E-state index in [0.717, 1.165) is 0 Å². The number of carbonyl (C=O) groups is 1. The molecule has 1 amide bonds. The molecule has 0 saturated carbocycles. The molecule has 0 aliphatic carbocycles. The molecule has 0 bridgehead atoms. The van der Waals surface area contributed by atoms with Crippen LogP contribution in [0, 0.1) is 0 Å². The van der Waals surface area contributed by atoms with Crippen molar-refractivity contribution < 1.29 is 37.4 Å². The van der Waals surface area contributed by atoms with Gasteiger partial charge in [-0.2, -0.15) is 0 Å². The van der Waals surface area contributed by atoms with E-state index in [0.29, 0.717) is 6.61 Å². The molecule has 5 heteroatoms. The van der Waals surface area contributed by atoms with Gasteiger partial charge in [0.1, 0.15) is 0 Å². The molecule has 0 aromatic heterocycles. The summed E-state index contributed by atoms with van der Waals surface area (Å²) in [6.45, 7) is 2.06. The Labute approximate surface area is 63.2 Å². The maximum absolute atomic E-state index is 9.60. The second-order valence-electron chi connectivity index (χ2n) is 0.752. The van der Waals surface area contributed by atoms with E-state index in [4.69, 9.17) is 0 Å². The van der Waals surface area contributed by atoms with Gasteiger partial charge in [-0.3, -0.25) is 0 Å².